The van der Waals surface area contributed by atoms with Crippen molar-refractivity contribution in [2.24, 2.45) is 5.73 Å². The van der Waals surface area contributed by atoms with E-state index in [1.165, 1.54) is 12.1 Å². The summed E-state index contributed by atoms with van der Waals surface area (Å²) in [6.07, 6.45) is 0. The molecule has 1 atom stereocenters. The SMILES string of the molecule is CC(CN)c1ccc(O)c(F)c1. The van der Waals surface area contributed by atoms with Gasteiger partial charge < -0.3 is 10.8 Å². The zero-order chi connectivity index (χ0) is 9.14. The first-order valence-corrected chi connectivity index (χ1v) is 3.83. The predicted octanol–water partition coefficient (Wildman–Crippen LogP) is 1.59. The van der Waals surface area contributed by atoms with Crippen molar-refractivity contribution in [2.45, 2.75) is 12.8 Å². The first kappa shape index (κ1) is 9.00. The Labute approximate surface area is 70.8 Å². The van der Waals surface area contributed by atoms with E-state index in [0.717, 1.165) is 5.56 Å². The van der Waals surface area contributed by atoms with Crippen LogP contribution in [0.2, 0.25) is 0 Å². The fourth-order valence-corrected chi connectivity index (χ4v) is 0.966. The Morgan fingerprint density at radius 2 is 2.25 bits per heavy atom. The summed E-state index contributed by atoms with van der Waals surface area (Å²) >= 11 is 0. The third-order valence-corrected chi connectivity index (χ3v) is 1.89. The lowest BCUT2D eigenvalue weighted by atomic mass is 10.0. The molecule has 3 heteroatoms. The third kappa shape index (κ3) is 1.74. The summed E-state index contributed by atoms with van der Waals surface area (Å²) in [5, 5.41) is 8.89. The van der Waals surface area contributed by atoms with Crippen LogP contribution in [0, 0.1) is 5.82 Å². The molecule has 1 rings (SSSR count). The lowest BCUT2D eigenvalue weighted by Crippen LogP contribution is -2.08. The first-order chi connectivity index (χ1) is 5.65. The van der Waals surface area contributed by atoms with Gasteiger partial charge in [0.25, 0.3) is 0 Å². The summed E-state index contributed by atoms with van der Waals surface area (Å²) in [5.74, 6) is -0.782. The van der Waals surface area contributed by atoms with Gasteiger partial charge in [0.15, 0.2) is 11.6 Å². The maximum Gasteiger partial charge on any atom is 0.165 e. The van der Waals surface area contributed by atoms with Gasteiger partial charge in [-0.2, -0.15) is 0 Å². The van der Waals surface area contributed by atoms with Crippen LogP contribution in [0.15, 0.2) is 18.2 Å². The van der Waals surface area contributed by atoms with Crippen LogP contribution >= 0.6 is 0 Å². The number of benzene rings is 1. The maximum absolute atomic E-state index is 12.8. The van der Waals surface area contributed by atoms with Gasteiger partial charge in [0.2, 0.25) is 0 Å². The van der Waals surface area contributed by atoms with Crippen LogP contribution in [0.4, 0.5) is 4.39 Å². The Morgan fingerprint density at radius 3 is 2.75 bits per heavy atom. The molecule has 0 aliphatic carbocycles. The number of hydrogen-bond acceptors (Lipinski definition) is 2. The number of halogens is 1. The van der Waals surface area contributed by atoms with E-state index in [-0.39, 0.29) is 11.7 Å². The lowest BCUT2D eigenvalue weighted by Gasteiger charge is -2.08. The molecule has 0 aromatic heterocycles. The molecule has 0 radical (unpaired) electrons. The van der Waals surface area contributed by atoms with Gasteiger partial charge in [-0.15, -0.1) is 0 Å². The minimum absolute atomic E-state index is 0.125. The van der Waals surface area contributed by atoms with Gasteiger partial charge in [0, 0.05) is 0 Å². The highest BCUT2D eigenvalue weighted by Gasteiger charge is 2.06. The number of nitrogens with two attached hydrogens (primary N) is 1. The van der Waals surface area contributed by atoms with E-state index in [1.54, 1.807) is 6.07 Å². The van der Waals surface area contributed by atoms with E-state index in [4.69, 9.17) is 10.8 Å². The van der Waals surface area contributed by atoms with Gasteiger partial charge in [-0.25, -0.2) is 4.39 Å². The topological polar surface area (TPSA) is 46.2 Å². The first-order valence-electron chi connectivity index (χ1n) is 3.83. The molecular weight excluding hydrogens is 157 g/mol. The van der Waals surface area contributed by atoms with Crippen molar-refractivity contribution >= 4 is 0 Å². The van der Waals surface area contributed by atoms with E-state index in [0.29, 0.717) is 6.54 Å². The van der Waals surface area contributed by atoms with Crippen LogP contribution in [-0.2, 0) is 0 Å². The molecule has 1 aromatic rings. The normalized spacial score (nSPS) is 12.9. The standard InChI is InChI=1S/C9H12FNO/c1-6(5-11)7-2-3-9(12)8(10)4-7/h2-4,6,12H,5,11H2,1H3. The Balaban J connectivity index is 2.96. The van der Waals surface area contributed by atoms with Crippen molar-refractivity contribution in [2.75, 3.05) is 6.54 Å². The zero-order valence-electron chi connectivity index (χ0n) is 6.92. The highest BCUT2D eigenvalue weighted by molar-refractivity contribution is 5.29. The molecule has 0 aliphatic rings. The molecule has 66 valence electrons. The molecule has 1 aromatic carbocycles. The summed E-state index contributed by atoms with van der Waals surface area (Å²) < 4.78 is 12.8. The van der Waals surface area contributed by atoms with Crippen molar-refractivity contribution in [3.8, 4) is 5.75 Å². The monoisotopic (exact) mass is 169 g/mol. The summed E-state index contributed by atoms with van der Waals surface area (Å²) in [4.78, 5) is 0. The van der Waals surface area contributed by atoms with Gasteiger partial charge in [-0.1, -0.05) is 13.0 Å². The van der Waals surface area contributed by atoms with E-state index in [9.17, 15) is 4.39 Å². The van der Waals surface area contributed by atoms with Crippen LogP contribution in [0.3, 0.4) is 0 Å². The molecule has 0 heterocycles. The number of rotatable bonds is 2. The minimum atomic E-state index is -0.590. The van der Waals surface area contributed by atoms with Crippen molar-refractivity contribution in [1.82, 2.24) is 0 Å². The highest BCUT2D eigenvalue weighted by Crippen LogP contribution is 2.20. The summed E-state index contributed by atoms with van der Waals surface area (Å²) in [6, 6.07) is 4.33. The molecule has 1 unspecified atom stereocenters. The number of phenolic OH excluding ortho intramolecular Hbond substituents is 1. The molecule has 0 fully saturated rings. The van der Waals surface area contributed by atoms with E-state index >= 15 is 0 Å². The highest BCUT2D eigenvalue weighted by atomic mass is 19.1. The van der Waals surface area contributed by atoms with Crippen LogP contribution in [-0.4, -0.2) is 11.7 Å². The van der Waals surface area contributed by atoms with Crippen LogP contribution in [0.1, 0.15) is 18.4 Å². The molecule has 0 amide bonds. The van der Waals surface area contributed by atoms with Crippen LogP contribution in [0.5, 0.6) is 5.75 Å². The molecule has 3 N–H and O–H groups in total. The maximum atomic E-state index is 12.8. The van der Waals surface area contributed by atoms with Gasteiger partial charge in [0.1, 0.15) is 0 Å². The Morgan fingerprint density at radius 1 is 1.58 bits per heavy atom. The number of hydrogen-bond donors (Lipinski definition) is 2. The second-order valence-electron chi connectivity index (χ2n) is 2.85. The molecule has 0 saturated carbocycles. The number of aromatic hydroxyl groups is 1. The molecule has 0 spiro atoms. The van der Waals surface area contributed by atoms with Gasteiger partial charge in [-0.3, -0.25) is 0 Å². The van der Waals surface area contributed by atoms with Crippen molar-refractivity contribution in [3.05, 3.63) is 29.6 Å². The van der Waals surface area contributed by atoms with Crippen molar-refractivity contribution in [1.29, 1.82) is 0 Å². The zero-order valence-corrected chi connectivity index (χ0v) is 6.92. The quantitative estimate of drug-likeness (QED) is 0.706. The van der Waals surface area contributed by atoms with Crippen LogP contribution < -0.4 is 5.73 Å². The smallest absolute Gasteiger partial charge is 0.165 e. The summed E-state index contributed by atoms with van der Waals surface area (Å²) in [6.45, 7) is 2.38. The second kappa shape index (κ2) is 3.54. The molecular formula is C9H12FNO. The molecule has 2 nitrogen and oxygen atoms in total. The lowest BCUT2D eigenvalue weighted by molar-refractivity contribution is 0.431. The number of phenols is 1. The van der Waals surface area contributed by atoms with E-state index < -0.39 is 5.82 Å². The summed E-state index contributed by atoms with van der Waals surface area (Å²) in [7, 11) is 0. The minimum Gasteiger partial charge on any atom is -0.505 e. The molecule has 12 heavy (non-hydrogen) atoms. The largest absolute Gasteiger partial charge is 0.505 e. The Kier molecular flexibility index (Phi) is 2.65. The molecule has 0 aliphatic heterocycles. The van der Waals surface area contributed by atoms with E-state index in [2.05, 4.69) is 0 Å². The fraction of sp³-hybridized carbons (Fsp3) is 0.333. The van der Waals surface area contributed by atoms with Crippen LogP contribution in [0.25, 0.3) is 0 Å². The van der Waals surface area contributed by atoms with Crippen molar-refractivity contribution < 1.29 is 9.50 Å². The van der Waals surface area contributed by atoms with Gasteiger partial charge in [0.05, 0.1) is 0 Å². The summed E-state index contributed by atoms with van der Waals surface area (Å²) in [5.41, 5.74) is 6.22. The van der Waals surface area contributed by atoms with Gasteiger partial charge >= 0.3 is 0 Å². The average molecular weight is 169 g/mol. The third-order valence-electron chi connectivity index (χ3n) is 1.89. The molecule has 0 bridgehead atoms. The average Bonchev–Trinajstić information content (AvgIpc) is 2.08. The van der Waals surface area contributed by atoms with Gasteiger partial charge in [-0.05, 0) is 30.2 Å². The fourth-order valence-electron chi connectivity index (χ4n) is 0.966. The molecule has 0 saturated heterocycles. The van der Waals surface area contributed by atoms with Crippen molar-refractivity contribution in [3.63, 3.8) is 0 Å². The van der Waals surface area contributed by atoms with E-state index in [1.807, 2.05) is 6.92 Å². The Bertz CT molecular complexity index is 275. The Hall–Kier alpha value is -1.09. The second-order valence-corrected chi connectivity index (χ2v) is 2.85. The predicted molar refractivity (Wildman–Crippen MR) is 45.5 cm³/mol.